The van der Waals surface area contributed by atoms with E-state index in [1.807, 2.05) is 0 Å². The van der Waals surface area contributed by atoms with Crippen LogP contribution in [0.25, 0.3) is 0 Å². The minimum atomic E-state index is -3.82. The summed E-state index contributed by atoms with van der Waals surface area (Å²) in [4.78, 5) is 16.5. The Morgan fingerprint density at radius 3 is 2.65 bits per heavy atom. The summed E-state index contributed by atoms with van der Waals surface area (Å²) in [6.45, 7) is 0.212. The zero-order valence-electron chi connectivity index (χ0n) is 14.0. The molecule has 0 unspecified atom stereocenters. The lowest BCUT2D eigenvalue weighted by Crippen LogP contribution is -2.31. The highest BCUT2D eigenvalue weighted by Crippen LogP contribution is 2.32. The highest BCUT2D eigenvalue weighted by molar-refractivity contribution is 7.89. The number of hydrogen-bond donors (Lipinski definition) is 1. The second-order valence-electron chi connectivity index (χ2n) is 6.28. The van der Waals surface area contributed by atoms with Crippen LogP contribution in [0.15, 0.2) is 40.3 Å². The lowest BCUT2D eigenvalue weighted by atomic mass is 10.0. The van der Waals surface area contributed by atoms with Crippen LogP contribution in [0.3, 0.4) is 0 Å². The summed E-state index contributed by atoms with van der Waals surface area (Å²) in [7, 11) is -3.82. The summed E-state index contributed by atoms with van der Waals surface area (Å²) in [6.07, 6.45) is 5.95. The molecule has 0 amide bonds. The fourth-order valence-electron chi connectivity index (χ4n) is 3.12. The lowest BCUT2D eigenvalue weighted by molar-refractivity contribution is 0.566. The average Bonchev–Trinajstić information content (AvgIpc) is 3.13. The van der Waals surface area contributed by atoms with Crippen LogP contribution in [0.4, 0.5) is 0 Å². The molecule has 1 aromatic heterocycles. The summed E-state index contributed by atoms with van der Waals surface area (Å²) >= 11 is 11.8. The van der Waals surface area contributed by atoms with Crippen LogP contribution in [-0.4, -0.2) is 24.5 Å². The molecule has 0 atom stereocenters. The molecule has 0 bridgehead atoms. The van der Waals surface area contributed by atoms with Crippen LogP contribution in [0.1, 0.15) is 37.3 Å². The molecule has 1 N–H and O–H groups in total. The minimum Gasteiger partial charge on any atom is -0.298 e. The van der Waals surface area contributed by atoms with Gasteiger partial charge >= 0.3 is 0 Å². The van der Waals surface area contributed by atoms with Gasteiger partial charge in [0.05, 0.1) is 22.1 Å². The molecule has 0 radical (unpaired) electrons. The first kappa shape index (κ1) is 19.4. The van der Waals surface area contributed by atoms with E-state index in [0.29, 0.717) is 5.92 Å². The van der Waals surface area contributed by atoms with Crippen molar-refractivity contribution in [2.75, 3.05) is 6.54 Å². The van der Waals surface area contributed by atoms with Crippen LogP contribution in [-0.2, 0) is 16.6 Å². The first-order valence-corrected chi connectivity index (χ1v) is 10.6. The van der Waals surface area contributed by atoms with Gasteiger partial charge < -0.3 is 0 Å². The highest BCUT2D eigenvalue weighted by Gasteiger charge is 2.20. The Balaban J connectivity index is 1.66. The third kappa shape index (κ3) is 4.28. The van der Waals surface area contributed by atoms with E-state index >= 15 is 0 Å². The topological polar surface area (TPSA) is 81.1 Å². The Labute approximate surface area is 162 Å². The number of hydrogen-bond acceptors (Lipinski definition) is 4. The van der Waals surface area contributed by atoms with E-state index in [4.69, 9.17) is 23.2 Å². The van der Waals surface area contributed by atoms with Crippen molar-refractivity contribution in [2.24, 2.45) is 0 Å². The summed E-state index contributed by atoms with van der Waals surface area (Å²) in [5.74, 6) is 0.362. The lowest BCUT2D eigenvalue weighted by Gasteiger charge is -2.12. The van der Waals surface area contributed by atoms with Crippen molar-refractivity contribution >= 4 is 33.2 Å². The standard InChI is InChI=1S/C17H19Cl2N3O3S/c18-13-6-3-7-15(17(13)19)26(24,25)21-8-9-22-11-20-14(10-16(22)23)12-4-1-2-5-12/h3,6-7,10-12,21H,1-2,4-5,8-9H2. The van der Waals surface area contributed by atoms with Crippen LogP contribution in [0, 0.1) is 0 Å². The summed E-state index contributed by atoms with van der Waals surface area (Å²) < 4.78 is 28.5. The van der Waals surface area contributed by atoms with Crippen molar-refractivity contribution in [1.82, 2.24) is 14.3 Å². The molecule has 6 nitrogen and oxygen atoms in total. The third-order valence-electron chi connectivity index (χ3n) is 4.52. The van der Waals surface area contributed by atoms with Gasteiger partial charge in [0.2, 0.25) is 10.0 Å². The molecule has 0 saturated heterocycles. The maximum atomic E-state index is 12.4. The van der Waals surface area contributed by atoms with Gasteiger partial charge in [-0.1, -0.05) is 42.1 Å². The maximum Gasteiger partial charge on any atom is 0.253 e. The van der Waals surface area contributed by atoms with Gasteiger partial charge in [-0.25, -0.2) is 18.1 Å². The molecule has 1 aliphatic carbocycles. The first-order valence-electron chi connectivity index (χ1n) is 8.38. The molecule has 140 valence electrons. The Kier molecular flexibility index (Phi) is 6.02. The second-order valence-corrected chi connectivity index (χ2v) is 8.80. The molecule has 2 aromatic rings. The average molecular weight is 416 g/mol. The van der Waals surface area contributed by atoms with Crippen molar-refractivity contribution in [3.8, 4) is 0 Å². The van der Waals surface area contributed by atoms with Gasteiger partial charge in [0, 0.05) is 25.1 Å². The second kappa shape index (κ2) is 8.08. The largest absolute Gasteiger partial charge is 0.298 e. The Bertz CT molecular complexity index is 954. The molecular weight excluding hydrogens is 397 g/mol. The number of benzene rings is 1. The van der Waals surface area contributed by atoms with Crippen LogP contribution in [0.2, 0.25) is 10.0 Å². The van der Waals surface area contributed by atoms with Crippen molar-refractivity contribution in [2.45, 2.75) is 43.0 Å². The minimum absolute atomic E-state index is 0.0265. The number of aromatic nitrogens is 2. The smallest absolute Gasteiger partial charge is 0.253 e. The molecule has 1 heterocycles. The van der Waals surface area contributed by atoms with Crippen molar-refractivity contribution in [3.05, 3.63) is 56.7 Å². The van der Waals surface area contributed by atoms with Crippen molar-refractivity contribution < 1.29 is 8.42 Å². The van der Waals surface area contributed by atoms with Crippen LogP contribution < -0.4 is 10.3 Å². The third-order valence-corrected chi connectivity index (χ3v) is 6.96. The fraction of sp³-hybridized carbons (Fsp3) is 0.412. The number of halogens is 2. The maximum absolute atomic E-state index is 12.4. The zero-order chi connectivity index (χ0) is 18.7. The SMILES string of the molecule is O=c1cc(C2CCCC2)ncn1CCNS(=O)(=O)c1cccc(Cl)c1Cl. The monoisotopic (exact) mass is 415 g/mol. The Morgan fingerprint density at radius 2 is 1.96 bits per heavy atom. The van der Waals surface area contributed by atoms with Gasteiger partial charge in [0.1, 0.15) is 4.90 Å². The van der Waals surface area contributed by atoms with Gasteiger partial charge in [-0.05, 0) is 25.0 Å². The molecule has 26 heavy (non-hydrogen) atoms. The van der Waals surface area contributed by atoms with Gasteiger partial charge in [-0.2, -0.15) is 0 Å². The molecule has 1 aliphatic rings. The molecule has 1 fully saturated rings. The predicted octanol–water partition coefficient (Wildman–Crippen LogP) is 3.19. The zero-order valence-corrected chi connectivity index (χ0v) is 16.3. The number of nitrogens with zero attached hydrogens (tertiary/aromatic N) is 2. The van der Waals surface area contributed by atoms with E-state index < -0.39 is 10.0 Å². The van der Waals surface area contributed by atoms with E-state index in [1.54, 1.807) is 6.07 Å². The molecule has 0 aliphatic heterocycles. The summed E-state index contributed by atoms with van der Waals surface area (Å²) in [6, 6.07) is 5.96. The summed E-state index contributed by atoms with van der Waals surface area (Å²) in [5, 5.41) is 0.138. The molecule has 0 spiro atoms. The highest BCUT2D eigenvalue weighted by atomic mass is 35.5. The van der Waals surface area contributed by atoms with E-state index in [1.165, 1.54) is 41.9 Å². The fourth-order valence-corrected chi connectivity index (χ4v) is 4.90. The molecule has 1 saturated carbocycles. The van der Waals surface area contributed by atoms with Gasteiger partial charge in [0.15, 0.2) is 0 Å². The molecule has 1 aromatic carbocycles. The van der Waals surface area contributed by atoms with Gasteiger partial charge in [-0.15, -0.1) is 0 Å². The van der Waals surface area contributed by atoms with E-state index in [2.05, 4.69) is 9.71 Å². The predicted molar refractivity (Wildman–Crippen MR) is 101 cm³/mol. The van der Waals surface area contributed by atoms with Gasteiger partial charge in [-0.3, -0.25) is 9.36 Å². The van der Waals surface area contributed by atoms with E-state index in [9.17, 15) is 13.2 Å². The molecular formula is C17H19Cl2N3O3S. The van der Waals surface area contributed by atoms with Crippen LogP contribution in [0.5, 0.6) is 0 Å². The normalized spacial score (nSPS) is 15.5. The molecule has 9 heteroatoms. The number of nitrogens with one attached hydrogen (secondary N) is 1. The summed E-state index contributed by atoms with van der Waals surface area (Å²) in [5.41, 5.74) is 0.650. The van der Waals surface area contributed by atoms with Crippen molar-refractivity contribution in [3.63, 3.8) is 0 Å². The molecule has 3 rings (SSSR count). The van der Waals surface area contributed by atoms with E-state index in [0.717, 1.165) is 18.5 Å². The van der Waals surface area contributed by atoms with Crippen LogP contribution >= 0.6 is 23.2 Å². The Morgan fingerprint density at radius 1 is 1.23 bits per heavy atom. The number of rotatable bonds is 6. The first-order chi connectivity index (χ1) is 12.4. The number of sulfonamides is 1. The van der Waals surface area contributed by atoms with E-state index in [-0.39, 0.29) is 33.6 Å². The van der Waals surface area contributed by atoms with Crippen molar-refractivity contribution in [1.29, 1.82) is 0 Å². The Hall–Kier alpha value is -1.41. The quantitative estimate of drug-likeness (QED) is 0.785. The van der Waals surface area contributed by atoms with Gasteiger partial charge in [0.25, 0.3) is 5.56 Å².